The zero-order valence-corrected chi connectivity index (χ0v) is 16.8. The van der Waals surface area contributed by atoms with E-state index in [2.05, 4.69) is 18.8 Å². The maximum Gasteiger partial charge on any atom is 0.255 e. The van der Waals surface area contributed by atoms with Crippen molar-refractivity contribution in [3.8, 4) is 11.3 Å². The van der Waals surface area contributed by atoms with Crippen LogP contribution in [0.15, 0.2) is 42.5 Å². The van der Waals surface area contributed by atoms with Gasteiger partial charge >= 0.3 is 0 Å². The molecule has 1 aromatic heterocycles. The standard InChI is InChI=1S/C19H25N3O.2ClH/c1-14-16(18(23)22(4)13-19(2,3)12-20)10-11-17(21-14)15-8-6-5-7-9-15;;/h5-11H,12-13,20H2,1-4H3;2*1H. The number of pyridine rings is 1. The second-order valence-electron chi connectivity index (χ2n) is 6.73. The van der Waals surface area contributed by atoms with Gasteiger partial charge in [0.1, 0.15) is 0 Å². The van der Waals surface area contributed by atoms with E-state index in [9.17, 15) is 4.79 Å². The molecular weight excluding hydrogens is 357 g/mol. The van der Waals surface area contributed by atoms with E-state index in [4.69, 9.17) is 5.73 Å². The number of rotatable bonds is 5. The quantitative estimate of drug-likeness (QED) is 0.849. The van der Waals surface area contributed by atoms with E-state index in [-0.39, 0.29) is 36.1 Å². The molecule has 0 saturated carbocycles. The lowest BCUT2D eigenvalue weighted by Gasteiger charge is -2.29. The van der Waals surface area contributed by atoms with Crippen LogP contribution >= 0.6 is 24.8 Å². The fourth-order valence-electron chi connectivity index (χ4n) is 2.54. The summed E-state index contributed by atoms with van der Waals surface area (Å²) in [7, 11) is 1.81. The Bertz CT molecular complexity index is 690. The molecule has 0 spiro atoms. The molecule has 0 aliphatic heterocycles. The summed E-state index contributed by atoms with van der Waals surface area (Å²) in [5.41, 5.74) is 8.97. The van der Waals surface area contributed by atoms with Crippen LogP contribution in [0.1, 0.15) is 29.9 Å². The van der Waals surface area contributed by atoms with Gasteiger partial charge in [-0.25, -0.2) is 0 Å². The summed E-state index contributed by atoms with van der Waals surface area (Å²) in [6, 6.07) is 13.7. The highest BCUT2D eigenvalue weighted by Gasteiger charge is 2.23. The van der Waals surface area contributed by atoms with Crippen LogP contribution in [0, 0.1) is 12.3 Å². The van der Waals surface area contributed by atoms with Crippen LogP contribution < -0.4 is 5.73 Å². The zero-order chi connectivity index (χ0) is 17.0. The smallest absolute Gasteiger partial charge is 0.255 e. The Hall–Kier alpha value is -1.62. The van der Waals surface area contributed by atoms with Gasteiger partial charge in [-0.3, -0.25) is 9.78 Å². The van der Waals surface area contributed by atoms with Gasteiger partial charge in [0.15, 0.2) is 0 Å². The molecule has 1 heterocycles. The lowest BCUT2D eigenvalue weighted by Crippen LogP contribution is -2.40. The third kappa shape index (κ3) is 5.99. The van der Waals surface area contributed by atoms with Crippen molar-refractivity contribution in [3.05, 3.63) is 53.7 Å². The molecule has 0 saturated heterocycles. The number of nitrogens with two attached hydrogens (primary N) is 1. The highest BCUT2D eigenvalue weighted by molar-refractivity contribution is 5.95. The summed E-state index contributed by atoms with van der Waals surface area (Å²) in [5, 5.41) is 0. The van der Waals surface area contributed by atoms with Gasteiger partial charge in [0.05, 0.1) is 17.0 Å². The first-order valence-corrected chi connectivity index (χ1v) is 7.83. The molecule has 0 aliphatic carbocycles. The molecule has 0 bridgehead atoms. The molecule has 4 nitrogen and oxygen atoms in total. The maximum atomic E-state index is 12.7. The Morgan fingerprint density at radius 3 is 2.24 bits per heavy atom. The van der Waals surface area contributed by atoms with Crippen molar-refractivity contribution < 1.29 is 4.79 Å². The van der Waals surface area contributed by atoms with Gasteiger partial charge in [-0.2, -0.15) is 0 Å². The van der Waals surface area contributed by atoms with Crippen LogP contribution in [-0.2, 0) is 0 Å². The monoisotopic (exact) mass is 383 g/mol. The van der Waals surface area contributed by atoms with E-state index in [0.717, 1.165) is 17.0 Å². The van der Waals surface area contributed by atoms with Crippen LogP contribution in [0.5, 0.6) is 0 Å². The molecule has 0 radical (unpaired) electrons. The van der Waals surface area contributed by atoms with E-state index >= 15 is 0 Å². The SMILES string of the molecule is Cc1nc(-c2ccccc2)ccc1C(=O)N(C)CC(C)(C)CN.Cl.Cl. The number of nitrogens with zero attached hydrogens (tertiary/aromatic N) is 2. The molecule has 2 N–H and O–H groups in total. The predicted octanol–water partition coefficient (Wildman–Crippen LogP) is 3.96. The Labute approximate surface area is 162 Å². The number of hydrogen-bond donors (Lipinski definition) is 1. The highest BCUT2D eigenvalue weighted by Crippen LogP contribution is 2.20. The van der Waals surface area contributed by atoms with E-state index < -0.39 is 0 Å². The Morgan fingerprint density at radius 2 is 1.72 bits per heavy atom. The zero-order valence-electron chi connectivity index (χ0n) is 15.2. The third-order valence-electron chi connectivity index (χ3n) is 3.95. The van der Waals surface area contributed by atoms with Crippen molar-refractivity contribution in [2.24, 2.45) is 11.1 Å². The number of halogens is 2. The van der Waals surface area contributed by atoms with Crippen LogP contribution in [0.3, 0.4) is 0 Å². The van der Waals surface area contributed by atoms with E-state index in [1.54, 1.807) is 4.90 Å². The predicted molar refractivity (Wildman–Crippen MR) is 109 cm³/mol. The van der Waals surface area contributed by atoms with Crippen molar-refractivity contribution in [3.63, 3.8) is 0 Å². The van der Waals surface area contributed by atoms with Gasteiger partial charge in [0, 0.05) is 19.2 Å². The van der Waals surface area contributed by atoms with E-state index in [0.29, 0.717) is 18.7 Å². The van der Waals surface area contributed by atoms with Crippen molar-refractivity contribution in [1.82, 2.24) is 9.88 Å². The molecule has 25 heavy (non-hydrogen) atoms. The summed E-state index contributed by atoms with van der Waals surface area (Å²) >= 11 is 0. The fraction of sp³-hybridized carbons (Fsp3) is 0.368. The largest absolute Gasteiger partial charge is 0.341 e. The number of carbonyl (C=O) groups excluding carboxylic acids is 1. The summed E-state index contributed by atoms with van der Waals surface area (Å²) in [6.07, 6.45) is 0. The van der Waals surface area contributed by atoms with E-state index in [1.165, 1.54) is 0 Å². The number of carbonyl (C=O) groups is 1. The minimum absolute atomic E-state index is 0. The van der Waals surface area contributed by atoms with Gasteiger partial charge in [0.2, 0.25) is 0 Å². The molecular formula is C19H27Cl2N3O. The normalized spacial score (nSPS) is 10.4. The average Bonchev–Trinajstić information content (AvgIpc) is 2.54. The Morgan fingerprint density at radius 1 is 1.12 bits per heavy atom. The van der Waals surface area contributed by atoms with Crippen LogP contribution in [0.25, 0.3) is 11.3 Å². The molecule has 6 heteroatoms. The van der Waals surface area contributed by atoms with Gasteiger partial charge in [-0.05, 0) is 31.0 Å². The second kappa shape index (κ2) is 9.76. The molecule has 1 aromatic carbocycles. The molecule has 0 atom stereocenters. The third-order valence-corrected chi connectivity index (χ3v) is 3.95. The fourth-order valence-corrected chi connectivity index (χ4v) is 2.54. The van der Waals surface area contributed by atoms with Gasteiger partial charge < -0.3 is 10.6 Å². The molecule has 0 aliphatic rings. The molecule has 0 fully saturated rings. The van der Waals surface area contributed by atoms with Crippen molar-refractivity contribution >= 4 is 30.7 Å². The van der Waals surface area contributed by atoms with Crippen LogP contribution in [0.4, 0.5) is 0 Å². The van der Waals surface area contributed by atoms with Gasteiger partial charge in [-0.1, -0.05) is 44.2 Å². The number of benzene rings is 1. The lowest BCUT2D eigenvalue weighted by molar-refractivity contribution is 0.0739. The average molecular weight is 384 g/mol. The summed E-state index contributed by atoms with van der Waals surface area (Å²) in [6.45, 7) is 7.14. The molecule has 138 valence electrons. The van der Waals surface area contributed by atoms with Crippen LogP contribution in [-0.4, -0.2) is 35.9 Å². The molecule has 0 unspecified atom stereocenters. The molecule has 2 rings (SSSR count). The molecule has 2 aromatic rings. The Kier molecular flexibility index (Phi) is 9.12. The molecule has 1 amide bonds. The van der Waals surface area contributed by atoms with Crippen molar-refractivity contribution in [2.45, 2.75) is 20.8 Å². The first-order chi connectivity index (χ1) is 10.8. The first kappa shape index (κ1) is 23.4. The topological polar surface area (TPSA) is 59.2 Å². The minimum atomic E-state index is -0.101. The summed E-state index contributed by atoms with van der Waals surface area (Å²) in [5.74, 6) is -0.0175. The number of aromatic nitrogens is 1. The number of hydrogen-bond acceptors (Lipinski definition) is 3. The summed E-state index contributed by atoms with van der Waals surface area (Å²) in [4.78, 5) is 19.0. The van der Waals surface area contributed by atoms with Crippen LogP contribution in [0.2, 0.25) is 0 Å². The van der Waals surface area contributed by atoms with Gasteiger partial charge in [-0.15, -0.1) is 24.8 Å². The second-order valence-corrected chi connectivity index (χ2v) is 6.73. The summed E-state index contributed by atoms with van der Waals surface area (Å²) < 4.78 is 0. The van der Waals surface area contributed by atoms with E-state index in [1.807, 2.05) is 56.4 Å². The Balaban J connectivity index is 0.00000288. The van der Waals surface area contributed by atoms with Crippen molar-refractivity contribution in [1.29, 1.82) is 0 Å². The number of aryl methyl sites for hydroxylation is 1. The van der Waals surface area contributed by atoms with Crippen molar-refractivity contribution in [2.75, 3.05) is 20.1 Å². The lowest BCUT2D eigenvalue weighted by atomic mass is 9.93. The highest BCUT2D eigenvalue weighted by atomic mass is 35.5. The first-order valence-electron chi connectivity index (χ1n) is 7.83. The van der Waals surface area contributed by atoms with Gasteiger partial charge in [0.25, 0.3) is 5.91 Å². The maximum absolute atomic E-state index is 12.7. The minimum Gasteiger partial charge on any atom is -0.341 e. The number of amides is 1.